The fraction of sp³-hybridized carbons (Fsp3) is 0.600. The van der Waals surface area contributed by atoms with E-state index in [1.54, 1.807) is 0 Å². The molecule has 0 spiro atoms. The van der Waals surface area contributed by atoms with Crippen LogP contribution < -0.4 is 5.32 Å². The highest BCUT2D eigenvalue weighted by molar-refractivity contribution is 5.32. The van der Waals surface area contributed by atoms with Crippen LogP contribution in [0.25, 0.3) is 0 Å². The minimum Gasteiger partial charge on any atom is -0.377 e. The number of aryl methyl sites for hydroxylation is 2. The van der Waals surface area contributed by atoms with Gasteiger partial charge in [0.25, 0.3) is 0 Å². The molecule has 0 aliphatic rings. The Kier molecular flexibility index (Phi) is 5.66. The zero-order chi connectivity index (χ0) is 12.8. The van der Waals surface area contributed by atoms with Crippen LogP contribution in [0.4, 0.5) is 0 Å². The van der Waals surface area contributed by atoms with Gasteiger partial charge in [0.05, 0.1) is 18.8 Å². The molecule has 1 N–H and O–H groups in total. The second kappa shape index (κ2) is 6.77. The lowest BCUT2D eigenvalue weighted by molar-refractivity contribution is 0.0613. The van der Waals surface area contributed by atoms with Crippen molar-refractivity contribution in [1.29, 1.82) is 0 Å². The van der Waals surface area contributed by atoms with Gasteiger partial charge in [0.1, 0.15) is 0 Å². The van der Waals surface area contributed by atoms with Crippen molar-refractivity contribution < 1.29 is 4.74 Å². The number of nitrogens with one attached hydrogen (secondary N) is 1. The Morgan fingerprint density at radius 3 is 2.47 bits per heavy atom. The quantitative estimate of drug-likeness (QED) is 0.816. The summed E-state index contributed by atoms with van der Waals surface area (Å²) in [6.07, 6.45) is 0.280. The molecule has 2 heteroatoms. The average molecular weight is 235 g/mol. The summed E-state index contributed by atoms with van der Waals surface area (Å²) < 4.78 is 5.73. The largest absolute Gasteiger partial charge is 0.377 e. The Bertz CT molecular complexity index is 347. The minimum atomic E-state index is 0.280. The van der Waals surface area contributed by atoms with E-state index in [0.717, 1.165) is 13.2 Å². The molecule has 1 atom stereocenters. The molecule has 2 nitrogen and oxygen atoms in total. The Labute approximate surface area is 105 Å². The van der Waals surface area contributed by atoms with Crippen molar-refractivity contribution in [2.75, 3.05) is 13.2 Å². The maximum Gasteiger partial charge on any atom is 0.0665 e. The van der Waals surface area contributed by atoms with E-state index in [2.05, 4.69) is 58.1 Å². The van der Waals surface area contributed by atoms with Crippen LogP contribution in [-0.4, -0.2) is 19.3 Å². The highest BCUT2D eigenvalue weighted by Gasteiger charge is 2.13. The van der Waals surface area contributed by atoms with Crippen molar-refractivity contribution in [1.82, 2.24) is 5.32 Å². The fourth-order valence-electron chi connectivity index (χ4n) is 2.01. The molecule has 96 valence electrons. The van der Waals surface area contributed by atoms with Crippen LogP contribution in [0.5, 0.6) is 0 Å². The van der Waals surface area contributed by atoms with Gasteiger partial charge >= 0.3 is 0 Å². The summed E-state index contributed by atoms with van der Waals surface area (Å²) in [4.78, 5) is 0. The zero-order valence-corrected chi connectivity index (χ0v) is 11.7. The molecule has 1 rings (SSSR count). The maximum absolute atomic E-state index is 5.73. The van der Waals surface area contributed by atoms with Crippen LogP contribution in [-0.2, 0) is 4.74 Å². The third kappa shape index (κ3) is 4.49. The summed E-state index contributed by atoms with van der Waals surface area (Å²) in [6, 6.07) is 6.90. The number of hydrogen-bond donors (Lipinski definition) is 1. The lowest BCUT2D eigenvalue weighted by atomic mass is 9.99. The molecule has 1 aromatic rings. The molecule has 0 bridgehead atoms. The first-order valence-corrected chi connectivity index (χ1v) is 6.46. The van der Waals surface area contributed by atoms with Crippen LogP contribution in [0, 0.1) is 13.8 Å². The van der Waals surface area contributed by atoms with Gasteiger partial charge in [-0.1, -0.05) is 30.7 Å². The summed E-state index contributed by atoms with van der Waals surface area (Å²) in [5.41, 5.74) is 3.99. The predicted molar refractivity (Wildman–Crippen MR) is 73.4 cm³/mol. The molecule has 0 amide bonds. The molecule has 1 aromatic carbocycles. The third-order valence-corrected chi connectivity index (χ3v) is 2.85. The molecule has 0 saturated carbocycles. The van der Waals surface area contributed by atoms with Crippen molar-refractivity contribution in [3.8, 4) is 0 Å². The molecule has 0 aromatic heterocycles. The molecular formula is C15H25NO. The lowest BCUT2D eigenvalue weighted by Gasteiger charge is -2.22. The molecule has 0 saturated heterocycles. The Morgan fingerprint density at radius 1 is 1.24 bits per heavy atom. The van der Waals surface area contributed by atoms with Crippen molar-refractivity contribution in [2.45, 2.75) is 46.8 Å². The second-order valence-corrected chi connectivity index (χ2v) is 4.85. The van der Waals surface area contributed by atoms with E-state index in [-0.39, 0.29) is 6.10 Å². The van der Waals surface area contributed by atoms with Crippen LogP contribution in [0.15, 0.2) is 18.2 Å². The Hall–Kier alpha value is -0.860. The summed E-state index contributed by atoms with van der Waals surface area (Å²) in [5.74, 6) is 0. The molecular weight excluding hydrogens is 210 g/mol. The summed E-state index contributed by atoms with van der Waals surface area (Å²) >= 11 is 0. The van der Waals surface area contributed by atoms with E-state index < -0.39 is 0 Å². The van der Waals surface area contributed by atoms with Crippen molar-refractivity contribution in [3.63, 3.8) is 0 Å². The first-order chi connectivity index (χ1) is 8.04. The molecule has 0 heterocycles. The van der Waals surface area contributed by atoms with Gasteiger partial charge in [0.15, 0.2) is 0 Å². The van der Waals surface area contributed by atoms with E-state index in [9.17, 15) is 0 Å². The predicted octanol–water partition coefficient (Wildman–Crippen LogP) is 3.38. The minimum absolute atomic E-state index is 0.280. The van der Waals surface area contributed by atoms with E-state index in [1.165, 1.54) is 16.7 Å². The number of likely N-dealkylation sites (N-methyl/N-ethyl adjacent to an activating group) is 1. The molecule has 0 aliphatic carbocycles. The first-order valence-electron chi connectivity index (χ1n) is 6.46. The topological polar surface area (TPSA) is 21.3 Å². The van der Waals surface area contributed by atoms with Gasteiger partial charge in [0.2, 0.25) is 0 Å². The summed E-state index contributed by atoms with van der Waals surface area (Å²) in [6.45, 7) is 12.3. The first kappa shape index (κ1) is 14.2. The van der Waals surface area contributed by atoms with Crippen LogP contribution in [0.3, 0.4) is 0 Å². The zero-order valence-electron chi connectivity index (χ0n) is 11.7. The SMILES string of the molecule is CCNC(COC(C)C)c1ccc(C)cc1C. The van der Waals surface area contributed by atoms with Gasteiger partial charge in [-0.05, 0) is 45.4 Å². The monoisotopic (exact) mass is 235 g/mol. The van der Waals surface area contributed by atoms with Gasteiger partial charge in [-0.2, -0.15) is 0 Å². The summed E-state index contributed by atoms with van der Waals surface area (Å²) in [5, 5.41) is 3.49. The van der Waals surface area contributed by atoms with E-state index in [4.69, 9.17) is 4.74 Å². The normalized spacial score (nSPS) is 13.1. The highest BCUT2D eigenvalue weighted by atomic mass is 16.5. The van der Waals surface area contributed by atoms with Crippen LogP contribution >= 0.6 is 0 Å². The molecule has 0 radical (unpaired) electrons. The van der Waals surface area contributed by atoms with E-state index in [0.29, 0.717) is 6.04 Å². The molecule has 1 unspecified atom stereocenters. The van der Waals surface area contributed by atoms with Crippen molar-refractivity contribution in [2.24, 2.45) is 0 Å². The maximum atomic E-state index is 5.73. The van der Waals surface area contributed by atoms with Crippen molar-refractivity contribution >= 4 is 0 Å². The Balaban J connectivity index is 2.81. The van der Waals surface area contributed by atoms with Gasteiger partial charge in [-0.3, -0.25) is 0 Å². The molecule has 0 fully saturated rings. The van der Waals surface area contributed by atoms with Gasteiger partial charge in [-0.15, -0.1) is 0 Å². The lowest BCUT2D eigenvalue weighted by Crippen LogP contribution is -2.27. The number of benzene rings is 1. The molecule has 17 heavy (non-hydrogen) atoms. The van der Waals surface area contributed by atoms with Crippen molar-refractivity contribution in [3.05, 3.63) is 34.9 Å². The van der Waals surface area contributed by atoms with Gasteiger partial charge in [-0.25, -0.2) is 0 Å². The second-order valence-electron chi connectivity index (χ2n) is 4.85. The van der Waals surface area contributed by atoms with E-state index >= 15 is 0 Å². The Morgan fingerprint density at radius 2 is 1.94 bits per heavy atom. The fourth-order valence-corrected chi connectivity index (χ4v) is 2.01. The van der Waals surface area contributed by atoms with Gasteiger partial charge in [0, 0.05) is 0 Å². The van der Waals surface area contributed by atoms with E-state index in [1.807, 2.05) is 0 Å². The number of rotatable bonds is 6. The number of ether oxygens (including phenoxy) is 1. The average Bonchev–Trinajstić information content (AvgIpc) is 2.24. The third-order valence-electron chi connectivity index (χ3n) is 2.85. The smallest absolute Gasteiger partial charge is 0.0665 e. The standard InChI is InChI=1S/C15H25NO/c1-6-16-15(10-17-11(2)3)14-8-7-12(4)9-13(14)5/h7-9,11,15-16H,6,10H2,1-5H3. The summed E-state index contributed by atoms with van der Waals surface area (Å²) in [7, 11) is 0. The number of hydrogen-bond acceptors (Lipinski definition) is 2. The highest BCUT2D eigenvalue weighted by Crippen LogP contribution is 2.19. The van der Waals surface area contributed by atoms with Crippen LogP contribution in [0.1, 0.15) is 43.5 Å². The molecule has 0 aliphatic heterocycles. The van der Waals surface area contributed by atoms with Gasteiger partial charge < -0.3 is 10.1 Å². The van der Waals surface area contributed by atoms with Crippen LogP contribution in [0.2, 0.25) is 0 Å².